The number of benzene rings is 2. The average molecular weight is 389 g/mol. The topological polar surface area (TPSA) is 76.9 Å². The van der Waals surface area contributed by atoms with E-state index in [0.717, 1.165) is 9.48 Å². The second kappa shape index (κ2) is 5.18. The van der Waals surface area contributed by atoms with E-state index in [9.17, 15) is 10.4 Å². The van der Waals surface area contributed by atoms with E-state index in [2.05, 4.69) is 9.98 Å². The highest BCUT2D eigenvalue weighted by Gasteiger charge is 2.55. The third kappa shape index (κ3) is 2.06. The molecule has 26 heavy (non-hydrogen) atoms. The highest BCUT2D eigenvalue weighted by Crippen LogP contribution is 2.39. The zero-order valence-corrected chi connectivity index (χ0v) is 15.2. The number of rotatable bonds is 0. The highest BCUT2D eigenvalue weighted by molar-refractivity contribution is 6.30. The summed E-state index contributed by atoms with van der Waals surface area (Å²) in [5, 5.41) is 29.1. The Balaban J connectivity index is 1.55. The smallest absolute Gasteiger partial charge is 0.267 e. The predicted octanol–water partition coefficient (Wildman–Crippen LogP) is 0.904. The number of fused-ring (bicyclic) bond motifs is 2. The highest BCUT2D eigenvalue weighted by atomic mass is 35.5. The number of halogens is 2. The summed E-state index contributed by atoms with van der Waals surface area (Å²) in [5.41, 5.74) is -1.75. The van der Waals surface area contributed by atoms with Gasteiger partial charge in [0.1, 0.15) is 10.7 Å². The van der Waals surface area contributed by atoms with Crippen LogP contribution in [0.1, 0.15) is 25.7 Å². The Hall–Kier alpha value is -2.18. The van der Waals surface area contributed by atoms with Crippen LogP contribution in [0.15, 0.2) is 46.4 Å². The van der Waals surface area contributed by atoms with Gasteiger partial charge in [-0.3, -0.25) is 0 Å². The maximum atomic E-state index is 12.9. The van der Waals surface area contributed by atoms with Crippen LogP contribution in [0.2, 0.25) is 10.0 Å². The van der Waals surface area contributed by atoms with E-state index in [-0.39, 0.29) is 0 Å². The van der Waals surface area contributed by atoms with Gasteiger partial charge in [0.15, 0.2) is 0 Å². The Morgan fingerprint density at radius 1 is 0.731 bits per heavy atom. The largest absolute Gasteiger partial charge is 0.622 e. The molecule has 1 fully saturated rings. The van der Waals surface area contributed by atoms with Crippen LogP contribution in [0.4, 0.5) is 0 Å². The van der Waals surface area contributed by atoms with Crippen molar-refractivity contribution in [2.45, 2.75) is 37.0 Å². The van der Waals surface area contributed by atoms with E-state index in [1.807, 2.05) is 0 Å². The molecule has 132 valence electrons. The summed E-state index contributed by atoms with van der Waals surface area (Å²) in [7, 11) is 0. The molecule has 0 amide bonds. The lowest BCUT2D eigenvalue weighted by molar-refractivity contribution is 0.145. The Morgan fingerprint density at radius 2 is 1.12 bits per heavy atom. The van der Waals surface area contributed by atoms with Crippen LogP contribution in [-0.2, 0) is 0 Å². The zero-order chi connectivity index (χ0) is 18.1. The van der Waals surface area contributed by atoms with Crippen molar-refractivity contribution >= 4 is 23.2 Å². The van der Waals surface area contributed by atoms with Gasteiger partial charge in [-0.05, 0) is 24.3 Å². The molecule has 0 bridgehead atoms. The molecule has 3 aliphatic rings. The molecule has 0 N–H and O–H groups in total. The SMILES string of the molecule is [O-][N+]1=c2ccc(Cl)cc2=NC12CCC1(CC2)N=c2cc(Cl)ccc2=[N+]1[O-]. The summed E-state index contributed by atoms with van der Waals surface area (Å²) in [4.78, 5) is 9.35. The molecule has 0 atom stereocenters. The third-order valence-corrected chi connectivity index (χ3v) is 6.05. The molecule has 2 spiro atoms. The van der Waals surface area contributed by atoms with Gasteiger partial charge in [0, 0.05) is 47.9 Å². The lowest BCUT2D eigenvalue weighted by Gasteiger charge is -2.36. The minimum Gasteiger partial charge on any atom is -0.622 e. The van der Waals surface area contributed by atoms with Gasteiger partial charge in [-0.15, -0.1) is 0 Å². The fourth-order valence-corrected chi connectivity index (χ4v) is 4.52. The molecule has 0 unspecified atom stereocenters. The second-order valence-electron chi connectivity index (χ2n) is 7.04. The molecule has 1 saturated carbocycles. The van der Waals surface area contributed by atoms with Gasteiger partial charge in [0.05, 0.1) is 0 Å². The molecule has 2 aliphatic heterocycles. The molecule has 8 heteroatoms. The molecular weight excluding hydrogens is 375 g/mol. The van der Waals surface area contributed by atoms with Crippen LogP contribution in [0, 0.1) is 10.4 Å². The summed E-state index contributed by atoms with van der Waals surface area (Å²) in [6.07, 6.45) is 1.80. The first-order valence-corrected chi connectivity index (χ1v) is 9.18. The van der Waals surface area contributed by atoms with E-state index < -0.39 is 11.3 Å². The van der Waals surface area contributed by atoms with Crippen LogP contribution >= 0.6 is 23.2 Å². The van der Waals surface area contributed by atoms with Gasteiger partial charge >= 0.3 is 0 Å². The normalized spacial score (nSPS) is 28.8. The van der Waals surface area contributed by atoms with Crippen molar-refractivity contribution in [1.29, 1.82) is 0 Å². The molecule has 1 aliphatic carbocycles. The van der Waals surface area contributed by atoms with Gasteiger partial charge in [-0.25, -0.2) is 9.98 Å². The summed E-state index contributed by atoms with van der Waals surface area (Å²) < 4.78 is 1.94. The van der Waals surface area contributed by atoms with E-state index in [1.165, 1.54) is 0 Å². The Labute approximate surface area is 158 Å². The van der Waals surface area contributed by atoms with Crippen LogP contribution in [0.25, 0.3) is 0 Å². The third-order valence-electron chi connectivity index (χ3n) is 5.58. The minimum atomic E-state index is -0.874. The van der Waals surface area contributed by atoms with E-state index in [1.54, 1.807) is 36.4 Å². The van der Waals surface area contributed by atoms with Crippen molar-refractivity contribution in [3.63, 3.8) is 0 Å². The van der Waals surface area contributed by atoms with Crippen molar-refractivity contribution in [2.24, 2.45) is 9.98 Å². The maximum Gasteiger partial charge on any atom is 0.267 e. The van der Waals surface area contributed by atoms with Gasteiger partial charge in [0.25, 0.3) is 11.3 Å². The molecule has 2 heterocycles. The first-order chi connectivity index (χ1) is 12.4. The first-order valence-electron chi connectivity index (χ1n) is 8.42. The molecule has 0 aromatic heterocycles. The average Bonchev–Trinajstić information content (AvgIpc) is 3.03. The van der Waals surface area contributed by atoms with Gasteiger partial charge in [-0.1, -0.05) is 23.2 Å². The second-order valence-corrected chi connectivity index (χ2v) is 7.92. The van der Waals surface area contributed by atoms with Crippen LogP contribution in [-0.4, -0.2) is 11.3 Å². The van der Waals surface area contributed by atoms with Gasteiger partial charge in [-0.2, -0.15) is 9.48 Å². The van der Waals surface area contributed by atoms with Crippen molar-refractivity contribution in [2.75, 3.05) is 0 Å². The van der Waals surface area contributed by atoms with E-state index >= 15 is 0 Å². The lowest BCUT2D eigenvalue weighted by atomic mass is 9.82. The number of hydroxylamine groups is 2. The van der Waals surface area contributed by atoms with Crippen molar-refractivity contribution < 1.29 is 0 Å². The van der Waals surface area contributed by atoms with Crippen LogP contribution in [0.3, 0.4) is 0 Å². The quantitative estimate of drug-likeness (QED) is 0.496. The Bertz CT molecular complexity index is 1110. The summed E-state index contributed by atoms with van der Waals surface area (Å²) in [5.74, 6) is 0. The summed E-state index contributed by atoms with van der Waals surface area (Å²) in [6, 6.07) is 10.2. The number of hydrogen-bond donors (Lipinski definition) is 0. The maximum absolute atomic E-state index is 12.9. The van der Waals surface area contributed by atoms with Crippen molar-refractivity contribution in [1.82, 2.24) is 9.48 Å². The fraction of sp³-hybridized carbons (Fsp3) is 0.333. The summed E-state index contributed by atoms with van der Waals surface area (Å²) in [6.45, 7) is 0. The van der Waals surface area contributed by atoms with Crippen molar-refractivity contribution in [3.8, 4) is 0 Å². The fourth-order valence-electron chi connectivity index (χ4n) is 4.18. The van der Waals surface area contributed by atoms with Crippen molar-refractivity contribution in [3.05, 3.63) is 78.3 Å². The molecule has 5 rings (SSSR count). The van der Waals surface area contributed by atoms with E-state index in [4.69, 9.17) is 23.2 Å². The lowest BCUT2D eigenvalue weighted by Crippen LogP contribution is -2.53. The monoisotopic (exact) mass is 388 g/mol. The van der Waals surface area contributed by atoms with E-state index in [0.29, 0.717) is 57.2 Å². The predicted molar refractivity (Wildman–Crippen MR) is 97.6 cm³/mol. The molecule has 2 aromatic rings. The first kappa shape index (κ1) is 16.0. The number of hydrogen-bond acceptors (Lipinski definition) is 4. The number of nitrogens with zero attached hydrogens (tertiary/aromatic N) is 4. The standard InChI is InChI=1S/C18H14Cl2N4O2/c19-11-1-3-15-13(9-11)21-17(23(15)25)5-7-18(8-6-17)22-14-10-12(20)2-4-16(14)24(18)26/h1-4,9-10H,5-8H2. The van der Waals surface area contributed by atoms with Gasteiger partial charge in [0.2, 0.25) is 10.7 Å². The van der Waals surface area contributed by atoms with Crippen LogP contribution in [0.5, 0.6) is 0 Å². The Morgan fingerprint density at radius 3 is 1.50 bits per heavy atom. The minimum absolute atomic E-state index is 0.451. The molecule has 2 aromatic carbocycles. The molecule has 6 nitrogen and oxygen atoms in total. The molecular formula is C18H14Cl2N4O2. The zero-order valence-electron chi connectivity index (χ0n) is 13.7. The van der Waals surface area contributed by atoms with Crippen LogP contribution < -0.4 is 30.9 Å². The van der Waals surface area contributed by atoms with Gasteiger partial charge < -0.3 is 10.4 Å². The molecule has 0 radical (unpaired) electrons. The molecule has 0 saturated heterocycles. The summed E-state index contributed by atoms with van der Waals surface area (Å²) >= 11 is 12.1. The Kier molecular flexibility index (Phi) is 3.19.